The number of amides is 1. The lowest BCUT2D eigenvalue weighted by atomic mass is 10.00. The SMILES string of the molecule is CCC(O)(NC(C)(C)CCOc1ccc(C2=NNC(=O)CC2)cc1Cl)Oc1ccccc1. The summed E-state index contributed by atoms with van der Waals surface area (Å²) in [4.78, 5) is 11.3. The van der Waals surface area contributed by atoms with Crippen molar-refractivity contribution in [3.8, 4) is 11.5 Å². The molecule has 0 fully saturated rings. The van der Waals surface area contributed by atoms with E-state index in [1.807, 2.05) is 45.0 Å². The summed E-state index contributed by atoms with van der Waals surface area (Å²) in [5.74, 6) is -0.427. The van der Waals surface area contributed by atoms with Crippen molar-refractivity contribution in [3.63, 3.8) is 0 Å². The van der Waals surface area contributed by atoms with Crippen LogP contribution in [0.1, 0.15) is 52.0 Å². The summed E-state index contributed by atoms with van der Waals surface area (Å²) < 4.78 is 11.7. The number of hydrazone groups is 1. The summed E-state index contributed by atoms with van der Waals surface area (Å²) >= 11 is 6.40. The lowest BCUT2D eigenvalue weighted by Crippen LogP contribution is -2.59. The number of carbonyl (C=O) groups excluding carboxylic acids is 1. The van der Waals surface area contributed by atoms with Crippen LogP contribution in [0, 0.1) is 0 Å². The van der Waals surface area contributed by atoms with Crippen LogP contribution in [0.25, 0.3) is 0 Å². The summed E-state index contributed by atoms with van der Waals surface area (Å²) in [5, 5.41) is 18.7. The molecule has 1 aliphatic rings. The highest BCUT2D eigenvalue weighted by Crippen LogP contribution is 2.28. The van der Waals surface area contributed by atoms with Gasteiger partial charge in [0.25, 0.3) is 5.91 Å². The number of aliphatic hydroxyl groups is 1. The highest BCUT2D eigenvalue weighted by Gasteiger charge is 2.34. The second kappa shape index (κ2) is 10.3. The number of hydrogen-bond donors (Lipinski definition) is 3. The predicted molar refractivity (Wildman–Crippen MR) is 125 cm³/mol. The Hall–Kier alpha value is -2.61. The molecular formula is C24H30ClN3O4. The Labute approximate surface area is 193 Å². The third-order valence-electron chi connectivity index (χ3n) is 5.20. The summed E-state index contributed by atoms with van der Waals surface area (Å²) in [6, 6.07) is 14.7. The highest BCUT2D eigenvalue weighted by atomic mass is 35.5. The molecule has 3 rings (SSSR count). The lowest BCUT2D eigenvalue weighted by molar-refractivity contribution is -0.179. The smallest absolute Gasteiger partial charge is 0.268 e. The first-order valence-electron chi connectivity index (χ1n) is 10.7. The van der Waals surface area contributed by atoms with Crippen LogP contribution in [0.2, 0.25) is 5.02 Å². The number of halogens is 1. The van der Waals surface area contributed by atoms with E-state index in [2.05, 4.69) is 15.8 Å². The Morgan fingerprint density at radius 2 is 1.94 bits per heavy atom. The Morgan fingerprint density at radius 1 is 1.19 bits per heavy atom. The summed E-state index contributed by atoms with van der Waals surface area (Å²) in [6.07, 6.45) is 1.95. The molecule has 1 heterocycles. The molecule has 0 spiro atoms. The molecule has 0 aromatic heterocycles. The zero-order chi connectivity index (χ0) is 23.2. The van der Waals surface area contributed by atoms with E-state index in [1.54, 1.807) is 24.3 Å². The zero-order valence-corrected chi connectivity index (χ0v) is 19.4. The van der Waals surface area contributed by atoms with Crippen LogP contribution < -0.4 is 20.2 Å². The van der Waals surface area contributed by atoms with Crippen molar-refractivity contribution < 1.29 is 19.4 Å². The lowest BCUT2D eigenvalue weighted by Gasteiger charge is -2.37. The molecule has 0 bridgehead atoms. The van der Waals surface area contributed by atoms with Gasteiger partial charge >= 0.3 is 0 Å². The average molecular weight is 460 g/mol. The van der Waals surface area contributed by atoms with E-state index in [4.69, 9.17) is 21.1 Å². The maximum atomic E-state index is 11.3. The molecule has 8 heteroatoms. The molecular weight excluding hydrogens is 430 g/mol. The zero-order valence-electron chi connectivity index (χ0n) is 18.7. The van der Waals surface area contributed by atoms with Crippen molar-refractivity contribution in [2.75, 3.05) is 6.61 Å². The molecule has 0 saturated heterocycles. The van der Waals surface area contributed by atoms with Gasteiger partial charge in [0.1, 0.15) is 11.5 Å². The first-order chi connectivity index (χ1) is 15.2. The summed E-state index contributed by atoms with van der Waals surface area (Å²) in [6.45, 7) is 6.20. The van der Waals surface area contributed by atoms with E-state index in [1.165, 1.54) is 0 Å². The van der Waals surface area contributed by atoms with Gasteiger partial charge < -0.3 is 14.6 Å². The van der Waals surface area contributed by atoms with Crippen molar-refractivity contribution in [2.45, 2.75) is 57.9 Å². The first-order valence-corrected chi connectivity index (χ1v) is 11.1. The molecule has 1 aliphatic heterocycles. The Morgan fingerprint density at radius 3 is 2.56 bits per heavy atom. The summed E-state index contributed by atoms with van der Waals surface area (Å²) in [5.41, 5.74) is 3.67. The fourth-order valence-corrected chi connectivity index (χ4v) is 3.59. The number of para-hydroxylation sites is 1. The van der Waals surface area contributed by atoms with Crippen LogP contribution in [0.4, 0.5) is 0 Å². The number of hydrogen-bond acceptors (Lipinski definition) is 6. The van der Waals surface area contributed by atoms with Crippen LogP contribution in [0.15, 0.2) is 53.6 Å². The molecule has 1 amide bonds. The maximum Gasteiger partial charge on any atom is 0.268 e. The largest absolute Gasteiger partial charge is 0.492 e. The Kier molecular flexibility index (Phi) is 7.77. The molecule has 32 heavy (non-hydrogen) atoms. The molecule has 2 aromatic rings. The second-order valence-corrected chi connectivity index (χ2v) is 8.81. The number of carbonyl (C=O) groups is 1. The van der Waals surface area contributed by atoms with Gasteiger partial charge in [0.05, 0.1) is 17.3 Å². The number of ether oxygens (including phenoxy) is 2. The molecule has 3 N–H and O–H groups in total. The second-order valence-electron chi connectivity index (χ2n) is 8.40. The molecule has 2 aromatic carbocycles. The van der Waals surface area contributed by atoms with E-state index < -0.39 is 11.4 Å². The van der Waals surface area contributed by atoms with E-state index in [0.717, 1.165) is 11.3 Å². The van der Waals surface area contributed by atoms with Crippen molar-refractivity contribution in [3.05, 3.63) is 59.1 Å². The van der Waals surface area contributed by atoms with Crippen molar-refractivity contribution in [1.82, 2.24) is 10.7 Å². The van der Waals surface area contributed by atoms with Gasteiger partial charge in [-0.25, -0.2) is 5.43 Å². The van der Waals surface area contributed by atoms with Gasteiger partial charge in [0.2, 0.25) is 5.91 Å². The van der Waals surface area contributed by atoms with E-state index >= 15 is 0 Å². The minimum Gasteiger partial charge on any atom is -0.492 e. The van der Waals surface area contributed by atoms with Crippen LogP contribution in [-0.2, 0) is 4.79 Å². The predicted octanol–water partition coefficient (Wildman–Crippen LogP) is 4.23. The first kappa shape index (κ1) is 24.0. The van der Waals surface area contributed by atoms with Gasteiger partial charge in [-0.1, -0.05) is 36.7 Å². The minimum atomic E-state index is -1.50. The third-order valence-corrected chi connectivity index (χ3v) is 5.49. The maximum absolute atomic E-state index is 11.3. The van der Waals surface area contributed by atoms with Crippen LogP contribution in [0.3, 0.4) is 0 Å². The van der Waals surface area contributed by atoms with Crippen LogP contribution in [-0.4, -0.2) is 34.8 Å². The normalized spacial score (nSPS) is 16.0. The highest BCUT2D eigenvalue weighted by molar-refractivity contribution is 6.32. The standard InChI is InChI=1S/C24H30ClN3O4/c1-4-24(30,32-18-8-6-5-7-9-18)28-23(2,3)14-15-31-21-12-10-17(16-19(21)25)20-11-13-22(29)27-26-20/h5-10,12,16,28,30H,4,11,13-15H2,1-3H3,(H,27,29). The monoisotopic (exact) mass is 459 g/mol. The number of benzene rings is 2. The Balaban J connectivity index is 1.56. The van der Waals surface area contributed by atoms with E-state index in [0.29, 0.717) is 48.8 Å². The number of rotatable bonds is 10. The topological polar surface area (TPSA) is 92.2 Å². The quantitative estimate of drug-likeness (QED) is 0.462. The van der Waals surface area contributed by atoms with Gasteiger partial charge in [-0.3, -0.25) is 10.1 Å². The van der Waals surface area contributed by atoms with Crippen molar-refractivity contribution in [2.24, 2.45) is 5.10 Å². The van der Waals surface area contributed by atoms with Crippen molar-refractivity contribution >= 4 is 23.2 Å². The number of nitrogens with one attached hydrogen (secondary N) is 2. The van der Waals surface area contributed by atoms with Gasteiger partial charge in [-0.05, 0) is 56.2 Å². The van der Waals surface area contributed by atoms with E-state index in [9.17, 15) is 9.90 Å². The molecule has 1 atom stereocenters. The Bertz CT molecular complexity index is 965. The molecule has 0 radical (unpaired) electrons. The van der Waals surface area contributed by atoms with Gasteiger partial charge in [-0.15, -0.1) is 0 Å². The van der Waals surface area contributed by atoms with Crippen molar-refractivity contribution in [1.29, 1.82) is 0 Å². The average Bonchev–Trinajstić information content (AvgIpc) is 2.75. The number of nitrogens with zero attached hydrogens (tertiary/aromatic N) is 1. The molecule has 1 unspecified atom stereocenters. The fourth-order valence-electron chi connectivity index (χ4n) is 3.36. The van der Waals surface area contributed by atoms with E-state index in [-0.39, 0.29) is 5.91 Å². The molecule has 0 aliphatic carbocycles. The molecule has 0 saturated carbocycles. The van der Waals surface area contributed by atoms with Crippen LogP contribution >= 0.6 is 11.6 Å². The molecule has 7 nitrogen and oxygen atoms in total. The third kappa shape index (κ3) is 6.69. The fraction of sp³-hybridized carbons (Fsp3) is 0.417. The van der Waals surface area contributed by atoms with Gasteiger partial charge in [-0.2, -0.15) is 5.10 Å². The summed E-state index contributed by atoms with van der Waals surface area (Å²) in [7, 11) is 0. The minimum absolute atomic E-state index is 0.0832. The van der Waals surface area contributed by atoms with Crippen LogP contribution in [0.5, 0.6) is 11.5 Å². The van der Waals surface area contributed by atoms with Gasteiger partial charge in [0.15, 0.2) is 0 Å². The molecule has 172 valence electrons. The van der Waals surface area contributed by atoms with Gasteiger partial charge in [0, 0.05) is 24.8 Å².